The third-order valence-corrected chi connectivity index (χ3v) is 2.63. The third-order valence-electron chi connectivity index (χ3n) is 2.63. The zero-order chi connectivity index (χ0) is 9.10. The van der Waals surface area contributed by atoms with Crippen LogP contribution >= 0.6 is 0 Å². The van der Waals surface area contributed by atoms with Crippen molar-refractivity contribution in [2.75, 3.05) is 12.4 Å². The van der Waals surface area contributed by atoms with E-state index >= 15 is 0 Å². The van der Waals surface area contributed by atoms with Gasteiger partial charge in [-0.1, -0.05) is 12.8 Å². The fourth-order valence-corrected chi connectivity index (χ4v) is 1.95. The maximum Gasteiger partial charge on any atom is 0.151 e. The van der Waals surface area contributed by atoms with Crippen LogP contribution in [0.3, 0.4) is 0 Å². The van der Waals surface area contributed by atoms with E-state index in [1.165, 1.54) is 32.0 Å². The summed E-state index contributed by atoms with van der Waals surface area (Å²) in [5, 5.41) is 11.1. The van der Waals surface area contributed by atoms with E-state index in [0.717, 1.165) is 11.5 Å². The summed E-state index contributed by atoms with van der Waals surface area (Å²) in [5.41, 5.74) is 1.04. The fourth-order valence-electron chi connectivity index (χ4n) is 1.95. The second kappa shape index (κ2) is 3.68. The topological polar surface area (TPSA) is 50.7 Å². The van der Waals surface area contributed by atoms with Crippen molar-refractivity contribution in [2.24, 2.45) is 0 Å². The Balaban J connectivity index is 2.26. The zero-order valence-corrected chi connectivity index (χ0v) is 7.82. The van der Waals surface area contributed by atoms with Gasteiger partial charge in [-0.25, -0.2) is 4.98 Å². The minimum atomic E-state index is 0.573. The van der Waals surface area contributed by atoms with Crippen LogP contribution < -0.4 is 5.32 Å². The number of nitrogens with zero attached hydrogens (tertiary/aromatic N) is 3. The Bertz CT molecular complexity index is 281. The lowest BCUT2D eigenvalue weighted by molar-refractivity contribution is 0.674. The van der Waals surface area contributed by atoms with Gasteiger partial charge in [-0.3, -0.25) is 0 Å². The molecule has 1 fully saturated rings. The summed E-state index contributed by atoms with van der Waals surface area (Å²) in [4.78, 5) is 4.16. The lowest BCUT2D eigenvalue weighted by Gasteiger charge is -2.10. The lowest BCUT2D eigenvalue weighted by Crippen LogP contribution is -2.06. The van der Waals surface area contributed by atoms with Crippen molar-refractivity contribution in [1.29, 1.82) is 0 Å². The molecule has 0 radical (unpaired) electrons. The van der Waals surface area contributed by atoms with Crippen molar-refractivity contribution in [3.63, 3.8) is 0 Å². The molecular weight excluding hydrogens is 164 g/mol. The van der Waals surface area contributed by atoms with E-state index in [-0.39, 0.29) is 0 Å². The summed E-state index contributed by atoms with van der Waals surface area (Å²) in [6, 6.07) is 0. The number of hydrogen-bond donors (Lipinski definition) is 1. The van der Waals surface area contributed by atoms with Gasteiger partial charge in [0.15, 0.2) is 5.82 Å². The Morgan fingerprint density at radius 1 is 1.38 bits per heavy atom. The van der Waals surface area contributed by atoms with Gasteiger partial charge < -0.3 is 5.32 Å². The highest BCUT2D eigenvalue weighted by molar-refractivity contribution is 5.40. The quantitative estimate of drug-likeness (QED) is 0.746. The second-order valence-corrected chi connectivity index (χ2v) is 3.43. The van der Waals surface area contributed by atoms with Crippen molar-refractivity contribution < 1.29 is 0 Å². The highest BCUT2D eigenvalue weighted by Crippen LogP contribution is 2.34. The summed E-state index contributed by atoms with van der Waals surface area (Å²) >= 11 is 0. The van der Waals surface area contributed by atoms with Gasteiger partial charge in [0.1, 0.15) is 12.0 Å². The second-order valence-electron chi connectivity index (χ2n) is 3.43. The van der Waals surface area contributed by atoms with Crippen molar-refractivity contribution in [3.8, 4) is 0 Å². The smallest absolute Gasteiger partial charge is 0.151 e. The maximum atomic E-state index is 4.16. The van der Waals surface area contributed by atoms with Gasteiger partial charge in [0, 0.05) is 13.0 Å². The van der Waals surface area contributed by atoms with E-state index in [1.807, 2.05) is 7.05 Å². The largest absolute Gasteiger partial charge is 0.372 e. The average molecular weight is 178 g/mol. The Kier molecular flexibility index (Phi) is 2.38. The molecule has 1 aromatic rings. The number of rotatable bonds is 2. The van der Waals surface area contributed by atoms with E-state index in [1.54, 1.807) is 0 Å². The van der Waals surface area contributed by atoms with Crippen LogP contribution in [0.2, 0.25) is 0 Å². The Hall–Kier alpha value is -1.19. The average Bonchev–Trinajstić information content (AvgIpc) is 2.70. The van der Waals surface area contributed by atoms with E-state index in [4.69, 9.17) is 0 Å². The molecule has 1 heterocycles. The summed E-state index contributed by atoms with van der Waals surface area (Å²) < 4.78 is 0. The summed E-state index contributed by atoms with van der Waals surface area (Å²) in [7, 11) is 1.88. The van der Waals surface area contributed by atoms with Crippen LogP contribution in [0, 0.1) is 0 Å². The molecule has 1 aromatic heterocycles. The lowest BCUT2D eigenvalue weighted by atomic mass is 10.0. The van der Waals surface area contributed by atoms with E-state index < -0.39 is 0 Å². The molecule has 1 aliphatic carbocycles. The minimum absolute atomic E-state index is 0.573. The van der Waals surface area contributed by atoms with Gasteiger partial charge in [-0.15, -0.1) is 10.2 Å². The van der Waals surface area contributed by atoms with Crippen LogP contribution in [0.1, 0.15) is 37.3 Å². The third kappa shape index (κ3) is 1.61. The van der Waals surface area contributed by atoms with Gasteiger partial charge in [0.05, 0.1) is 0 Å². The molecule has 4 heteroatoms. The van der Waals surface area contributed by atoms with Gasteiger partial charge >= 0.3 is 0 Å². The van der Waals surface area contributed by atoms with Crippen LogP contribution in [0.5, 0.6) is 0 Å². The summed E-state index contributed by atoms with van der Waals surface area (Å²) in [6.07, 6.45) is 6.57. The van der Waals surface area contributed by atoms with Gasteiger partial charge in [-0.05, 0) is 12.8 Å². The normalized spacial score (nSPS) is 17.6. The first kappa shape index (κ1) is 8.41. The number of hydrogen-bond acceptors (Lipinski definition) is 4. The molecule has 0 atom stereocenters. The molecule has 0 aromatic carbocycles. The summed E-state index contributed by atoms with van der Waals surface area (Å²) in [6.45, 7) is 0. The van der Waals surface area contributed by atoms with Gasteiger partial charge in [-0.2, -0.15) is 0 Å². The van der Waals surface area contributed by atoms with Crippen LogP contribution in [-0.2, 0) is 0 Å². The Morgan fingerprint density at radius 3 is 2.85 bits per heavy atom. The highest BCUT2D eigenvalue weighted by Gasteiger charge is 2.21. The molecule has 0 saturated heterocycles. The highest BCUT2D eigenvalue weighted by atomic mass is 15.2. The molecule has 0 spiro atoms. The predicted molar refractivity (Wildman–Crippen MR) is 50.6 cm³/mol. The minimum Gasteiger partial charge on any atom is -0.372 e. The standard InChI is InChI=1S/C9H14N4/c1-10-9-8(13-12-6-11-9)7-4-2-3-5-7/h6-7H,2-5H2,1H3,(H,10,11,12). The molecule has 0 bridgehead atoms. The summed E-state index contributed by atoms with van der Waals surface area (Å²) in [5.74, 6) is 1.46. The van der Waals surface area contributed by atoms with E-state index in [2.05, 4.69) is 20.5 Å². The van der Waals surface area contributed by atoms with Crippen LogP contribution in [0.25, 0.3) is 0 Å². The number of aromatic nitrogens is 3. The molecule has 1 N–H and O–H groups in total. The van der Waals surface area contributed by atoms with Crippen LogP contribution in [0.15, 0.2) is 6.33 Å². The monoisotopic (exact) mass is 178 g/mol. The molecular formula is C9H14N4. The molecule has 2 rings (SSSR count). The molecule has 0 amide bonds. The molecule has 0 unspecified atom stereocenters. The predicted octanol–water partition coefficient (Wildman–Crippen LogP) is 1.57. The first-order chi connectivity index (χ1) is 6.42. The van der Waals surface area contributed by atoms with Crippen molar-refractivity contribution in [3.05, 3.63) is 12.0 Å². The number of anilines is 1. The molecule has 1 aliphatic rings. The van der Waals surface area contributed by atoms with E-state index in [9.17, 15) is 0 Å². The fraction of sp³-hybridized carbons (Fsp3) is 0.667. The van der Waals surface area contributed by atoms with Crippen molar-refractivity contribution >= 4 is 5.82 Å². The first-order valence-electron chi connectivity index (χ1n) is 4.77. The van der Waals surface area contributed by atoms with Crippen LogP contribution in [0.4, 0.5) is 5.82 Å². The van der Waals surface area contributed by atoms with Gasteiger partial charge in [0.2, 0.25) is 0 Å². The molecule has 4 nitrogen and oxygen atoms in total. The Morgan fingerprint density at radius 2 is 2.15 bits per heavy atom. The maximum absolute atomic E-state index is 4.16. The number of nitrogens with one attached hydrogen (secondary N) is 1. The van der Waals surface area contributed by atoms with E-state index in [0.29, 0.717) is 5.92 Å². The molecule has 70 valence electrons. The first-order valence-corrected chi connectivity index (χ1v) is 4.77. The zero-order valence-electron chi connectivity index (χ0n) is 7.82. The van der Waals surface area contributed by atoms with Crippen molar-refractivity contribution in [1.82, 2.24) is 15.2 Å². The molecule has 0 aliphatic heterocycles. The SMILES string of the molecule is CNc1ncnnc1C1CCCC1. The molecule has 1 saturated carbocycles. The molecule has 13 heavy (non-hydrogen) atoms. The Labute approximate surface area is 77.8 Å². The van der Waals surface area contributed by atoms with Crippen molar-refractivity contribution in [2.45, 2.75) is 31.6 Å². The van der Waals surface area contributed by atoms with Gasteiger partial charge in [0.25, 0.3) is 0 Å². The van der Waals surface area contributed by atoms with Crippen LogP contribution in [-0.4, -0.2) is 22.2 Å².